The van der Waals surface area contributed by atoms with Gasteiger partial charge in [-0.2, -0.15) is 0 Å². The Hall–Kier alpha value is -1.86. The number of rotatable bonds is 4. The van der Waals surface area contributed by atoms with Gasteiger partial charge in [-0.1, -0.05) is 0 Å². The van der Waals surface area contributed by atoms with E-state index in [9.17, 15) is 4.79 Å². The first-order chi connectivity index (χ1) is 9.69. The van der Waals surface area contributed by atoms with E-state index >= 15 is 0 Å². The van der Waals surface area contributed by atoms with Gasteiger partial charge >= 0.3 is 0 Å². The molecule has 1 atom stereocenters. The minimum absolute atomic E-state index is 0.151. The third-order valence-electron chi connectivity index (χ3n) is 3.86. The van der Waals surface area contributed by atoms with Crippen LogP contribution in [0.1, 0.15) is 18.4 Å². The molecule has 1 fully saturated rings. The topological polar surface area (TPSA) is 100 Å². The summed E-state index contributed by atoms with van der Waals surface area (Å²) >= 11 is 0. The van der Waals surface area contributed by atoms with E-state index in [-0.39, 0.29) is 11.5 Å². The first-order valence-corrected chi connectivity index (χ1v) is 6.77. The molecule has 0 aliphatic carbocycles. The number of nitrogen functional groups attached to an aromatic ring is 1. The molecule has 20 heavy (non-hydrogen) atoms. The number of ether oxygens (including phenoxy) is 1. The first kappa shape index (κ1) is 13.1. The van der Waals surface area contributed by atoms with Gasteiger partial charge < -0.3 is 15.5 Å². The maximum atomic E-state index is 11.8. The molecule has 108 valence electrons. The molecule has 0 radical (unpaired) electrons. The summed E-state index contributed by atoms with van der Waals surface area (Å²) in [6.45, 7) is 2.53. The summed E-state index contributed by atoms with van der Waals surface area (Å²) in [5.74, 6) is 0.151. The lowest BCUT2D eigenvalue weighted by Gasteiger charge is -2.23. The zero-order valence-corrected chi connectivity index (χ0v) is 11.5. The van der Waals surface area contributed by atoms with E-state index in [2.05, 4.69) is 19.9 Å². The molecule has 1 saturated heterocycles. The number of aromatic amines is 2. The predicted molar refractivity (Wildman–Crippen MR) is 76.4 cm³/mol. The molecule has 0 aromatic carbocycles. The summed E-state index contributed by atoms with van der Waals surface area (Å²) in [5.41, 5.74) is 7.54. The van der Waals surface area contributed by atoms with E-state index in [0.29, 0.717) is 17.1 Å². The Balaban J connectivity index is 1.89. The van der Waals surface area contributed by atoms with Gasteiger partial charge in [0, 0.05) is 31.5 Å². The van der Waals surface area contributed by atoms with Gasteiger partial charge in [-0.3, -0.25) is 14.7 Å². The molecule has 2 aromatic heterocycles. The van der Waals surface area contributed by atoms with Crippen LogP contribution in [-0.2, 0) is 11.3 Å². The first-order valence-electron chi connectivity index (χ1n) is 6.77. The van der Waals surface area contributed by atoms with Crippen LogP contribution in [0.15, 0.2) is 11.0 Å². The lowest BCUT2D eigenvalue weighted by atomic mass is 10.2. The molecule has 4 N–H and O–H groups in total. The van der Waals surface area contributed by atoms with Gasteiger partial charge in [0.2, 0.25) is 5.95 Å². The van der Waals surface area contributed by atoms with Gasteiger partial charge in [0.25, 0.3) is 5.56 Å². The van der Waals surface area contributed by atoms with E-state index in [1.54, 1.807) is 7.11 Å². The zero-order chi connectivity index (χ0) is 14.1. The minimum atomic E-state index is -0.228. The lowest BCUT2D eigenvalue weighted by Crippen LogP contribution is -2.32. The molecule has 0 amide bonds. The van der Waals surface area contributed by atoms with E-state index in [4.69, 9.17) is 10.5 Å². The number of likely N-dealkylation sites (tertiary alicyclic amines) is 1. The Bertz CT molecular complexity index is 662. The number of H-pyrrole nitrogens is 2. The Labute approximate surface area is 116 Å². The summed E-state index contributed by atoms with van der Waals surface area (Å²) < 4.78 is 5.26. The molecule has 3 rings (SSSR count). The Morgan fingerprint density at radius 3 is 3.25 bits per heavy atom. The molecule has 1 aliphatic heterocycles. The Morgan fingerprint density at radius 2 is 2.45 bits per heavy atom. The van der Waals surface area contributed by atoms with Crippen molar-refractivity contribution in [1.82, 2.24) is 19.9 Å². The van der Waals surface area contributed by atoms with Crippen LogP contribution >= 0.6 is 0 Å². The summed E-state index contributed by atoms with van der Waals surface area (Å²) in [6.07, 6.45) is 4.16. The maximum Gasteiger partial charge on any atom is 0.276 e. The minimum Gasteiger partial charge on any atom is -0.383 e. The second-order valence-corrected chi connectivity index (χ2v) is 5.21. The third kappa shape index (κ3) is 2.30. The number of aromatic nitrogens is 3. The normalized spacial score (nSPS) is 19.9. The maximum absolute atomic E-state index is 11.8. The number of hydrogen-bond acceptors (Lipinski definition) is 5. The number of hydrogen-bond donors (Lipinski definition) is 3. The van der Waals surface area contributed by atoms with Crippen molar-refractivity contribution in [3.8, 4) is 0 Å². The van der Waals surface area contributed by atoms with Crippen LogP contribution in [0.2, 0.25) is 0 Å². The average Bonchev–Trinajstić information content (AvgIpc) is 2.99. The van der Waals surface area contributed by atoms with Crippen molar-refractivity contribution in [2.75, 3.05) is 26.0 Å². The van der Waals surface area contributed by atoms with Crippen LogP contribution in [0.3, 0.4) is 0 Å². The average molecular weight is 277 g/mol. The number of methoxy groups -OCH3 is 1. The van der Waals surface area contributed by atoms with Crippen molar-refractivity contribution in [3.63, 3.8) is 0 Å². The molecule has 0 unspecified atom stereocenters. The molecule has 7 heteroatoms. The summed E-state index contributed by atoms with van der Waals surface area (Å²) in [7, 11) is 1.73. The number of nitrogens with one attached hydrogen (secondary N) is 2. The number of nitrogens with two attached hydrogens (primary N) is 1. The van der Waals surface area contributed by atoms with Crippen molar-refractivity contribution < 1.29 is 4.74 Å². The highest BCUT2D eigenvalue weighted by Crippen LogP contribution is 2.22. The van der Waals surface area contributed by atoms with Gasteiger partial charge in [-0.05, 0) is 19.4 Å². The highest BCUT2D eigenvalue weighted by atomic mass is 16.5. The van der Waals surface area contributed by atoms with Gasteiger partial charge in [0.1, 0.15) is 11.0 Å². The van der Waals surface area contributed by atoms with Crippen molar-refractivity contribution in [2.24, 2.45) is 0 Å². The molecule has 0 spiro atoms. The van der Waals surface area contributed by atoms with Gasteiger partial charge in [-0.25, -0.2) is 4.98 Å². The molecule has 3 heterocycles. The molecule has 7 nitrogen and oxygen atoms in total. The van der Waals surface area contributed by atoms with Crippen molar-refractivity contribution in [2.45, 2.75) is 25.4 Å². The van der Waals surface area contributed by atoms with Crippen LogP contribution in [0.4, 0.5) is 5.95 Å². The Morgan fingerprint density at radius 1 is 1.60 bits per heavy atom. The van der Waals surface area contributed by atoms with Crippen LogP contribution in [0, 0.1) is 0 Å². The summed E-state index contributed by atoms with van der Waals surface area (Å²) in [4.78, 5) is 23.9. The largest absolute Gasteiger partial charge is 0.383 e. The highest BCUT2D eigenvalue weighted by Gasteiger charge is 2.25. The Kier molecular flexibility index (Phi) is 3.45. The number of anilines is 1. The standard InChI is InChI=1S/C13H19N5O2/c1-20-7-9-3-2-4-18(9)6-8-5-15-11-10(8)16-13(14)17-12(11)19/h5,9,15H,2-4,6-7H2,1H3,(H3,14,16,17,19)/t9-/m0/s1. The molecular weight excluding hydrogens is 258 g/mol. The van der Waals surface area contributed by atoms with Crippen LogP contribution in [0.5, 0.6) is 0 Å². The highest BCUT2D eigenvalue weighted by molar-refractivity contribution is 5.78. The van der Waals surface area contributed by atoms with Gasteiger partial charge in [0.05, 0.1) is 6.61 Å². The molecule has 1 aliphatic rings. The van der Waals surface area contributed by atoms with Crippen molar-refractivity contribution >= 4 is 17.0 Å². The molecule has 0 bridgehead atoms. The monoisotopic (exact) mass is 277 g/mol. The number of fused-ring (bicyclic) bond motifs is 1. The fourth-order valence-electron chi connectivity index (χ4n) is 2.91. The van der Waals surface area contributed by atoms with E-state index in [1.807, 2.05) is 6.20 Å². The number of nitrogens with zero attached hydrogens (tertiary/aromatic N) is 2. The van der Waals surface area contributed by atoms with Crippen LogP contribution in [0.25, 0.3) is 11.0 Å². The van der Waals surface area contributed by atoms with Crippen LogP contribution in [-0.4, -0.2) is 46.2 Å². The fourth-order valence-corrected chi connectivity index (χ4v) is 2.91. The van der Waals surface area contributed by atoms with Gasteiger partial charge in [0.15, 0.2) is 0 Å². The van der Waals surface area contributed by atoms with Crippen molar-refractivity contribution in [1.29, 1.82) is 0 Å². The molecule has 0 saturated carbocycles. The second kappa shape index (κ2) is 5.26. The SMILES string of the molecule is COC[C@@H]1CCCN1Cc1c[nH]c2c(=O)[nH]c(N)nc12. The van der Waals surface area contributed by atoms with E-state index in [0.717, 1.165) is 31.7 Å². The lowest BCUT2D eigenvalue weighted by molar-refractivity contribution is 0.112. The van der Waals surface area contributed by atoms with Crippen LogP contribution < -0.4 is 11.3 Å². The predicted octanol–water partition coefficient (Wildman–Crippen LogP) is 0.444. The zero-order valence-electron chi connectivity index (χ0n) is 11.5. The van der Waals surface area contributed by atoms with Crippen molar-refractivity contribution in [3.05, 3.63) is 22.1 Å². The van der Waals surface area contributed by atoms with E-state index < -0.39 is 0 Å². The molecule has 2 aromatic rings. The summed E-state index contributed by atoms with van der Waals surface area (Å²) in [5, 5.41) is 0. The van der Waals surface area contributed by atoms with E-state index in [1.165, 1.54) is 6.42 Å². The fraction of sp³-hybridized carbons (Fsp3) is 0.538. The quantitative estimate of drug-likeness (QED) is 0.753. The third-order valence-corrected chi connectivity index (χ3v) is 3.86. The second-order valence-electron chi connectivity index (χ2n) is 5.21. The molecular formula is C13H19N5O2. The summed E-state index contributed by atoms with van der Waals surface area (Å²) in [6, 6.07) is 0.435. The smallest absolute Gasteiger partial charge is 0.276 e. The van der Waals surface area contributed by atoms with Gasteiger partial charge in [-0.15, -0.1) is 0 Å².